The number of hydrogen-bond donors (Lipinski definition) is 2. The summed E-state index contributed by atoms with van der Waals surface area (Å²) in [7, 11) is 0. The predicted octanol–water partition coefficient (Wildman–Crippen LogP) is 2.69. The van der Waals surface area contributed by atoms with Gasteiger partial charge in [-0.1, -0.05) is 6.92 Å². The van der Waals surface area contributed by atoms with Gasteiger partial charge in [0.15, 0.2) is 0 Å². The molecule has 106 valence electrons. The Morgan fingerprint density at radius 3 is 2.65 bits per heavy atom. The zero-order valence-corrected chi connectivity index (χ0v) is 11.7. The summed E-state index contributed by atoms with van der Waals surface area (Å²) in [6.07, 6.45) is 4.21. The average molecular weight is 273 g/mol. The maximum Gasteiger partial charge on any atom is 0.251 e. The molecular weight excluding hydrogens is 254 g/mol. The number of amides is 1. The molecule has 0 aliphatic carbocycles. The van der Waals surface area contributed by atoms with Crippen molar-refractivity contribution >= 4 is 5.91 Å². The van der Waals surface area contributed by atoms with Crippen molar-refractivity contribution in [3.05, 3.63) is 48.0 Å². The molecule has 0 aliphatic rings. The molecule has 1 aromatic carbocycles. The minimum atomic E-state index is -0.115. The van der Waals surface area contributed by atoms with E-state index in [4.69, 9.17) is 4.74 Å². The van der Waals surface area contributed by atoms with Crippen LogP contribution in [0.2, 0.25) is 0 Å². The van der Waals surface area contributed by atoms with E-state index in [2.05, 4.69) is 15.3 Å². The van der Waals surface area contributed by atoms with E-state index in [-0.39, 0.29) is 11.9 Å². The third kappa shape index (κ3) is 3.38. The van der Waals surface area contributed by atoms with Crippen molar-refractivity contribution in [2.75, 3.05) is 6.61 Å². The van der Waals surface area contributed by atoms with Crippen molar-refractivity contribution in [2.24, 2.45) is 0 Å². The van der Waals surface area contributed by atoms with Crippen LogP contribution in [-0.4, -0.2) is 22.5 Å². The quantitative estimate of drug-likeness (QED) is 0.850. The summed E-state index contributed by atoms with van der Waals surface area (Å²) in [4.78, 5) is 19.4. The van der Waals surface area contributed by atoms with E-state index in [1.54, 1.807) is 36.7 Å². The van der Waals surface area contributed by atoms with Crippen LogP contribution >= 0.6 is 0 Å². The number of rotatable bonds is 6. The Kier molecular flexibility index (Phi) is 4.76. The first-order chi connectivity index (χ1) is 9.74. The van der Waals surface area contributed by atoms with Gasteiger partial charge in [-0.05, 0) is 37.6 Å². The van der Waals surface area contributed by atoms with E-state index in [9.17, 15) is 4.79 Å². The highest BCUT2D eigenvalue weighted by atomic mass is 16.5. The first-order valence-electron chi connectivity index (χ1n) is 6.77. The number of aromatic nitrogens is 2. The zero-order valence-electron chi connectivity index (χ0n) is 11.7. The second-order valence-electron chi connectivity index (χ2n) is 4.37. The minimum Gasteiger partial charge on any atom is -0.494 e. The fourth-order valence-corrected chi connectivity index (χ4v) is 1.94. The van der Waals surface area contributed by atoms with Crippen molar-refractivity contribution in [2.45, 2.75) is 26.3 Å². The van der Waals surface area contributed by atoms with Gasteiger partial charge in [0.2, 0.25) is 0 Å². The molecule has 20 heavy (non-hydrogen) atoms. The molecule has 5 nitrogen and oxygen atoms in total. The number of carbonyl (C=O) groups is 1. The van der Waals surface area contributed by atoms with Gasteiger partial charge >= 0.3 is 0 Å². The molecule has 1 unspecified atom stereocenters. The van der Waals surface area contributed by atoms with Gasteiger partial charge in [0.05, 0.1) is 12.6 Å². The molecule has 2 rings (SSSR count). The number of imidazole rings is 1. The van der Waals surface area contributed by atoms with Crippen LogP contribution in [0, 0.1) is 0 Å². The molecule has 2 aromatic rings. The largest absolute Gasteiger partial charge is 0.494 e. The van der Waals surface area contributed by atoms with Gasteiger partial charge in [0, 0.05) is 18.0 Å². The van der Waals surface area contributed by atoms with Crippen LogP contribution in [0.15, 0.2) is 36.7 Å². The maximum absolute atomic E-state index is 12.2. The number of ether oxygens (including phenoxy) is 1. The standard InChI is InChI=1S/C15H19N3O2/c1-3-13(14-16-9-10-17-14)18-15(19)11-5-7-12(8-6-11)20-4-2/h5-10,13H,3-4H2,1-2H3,(H,16,17)(H,18,19). The molecule has 0 saturated heterocycles. The second kappa shape index (κ2) is 6.75. The summed E-state index contributed by atoms with van der Waals surface area (Å²) in [5, 5.41) is 2.96. The Labute approximate surface area is 118 Å². The lowest BCUT2D eigenvalue weighted by atomic mass is 10.1. The van der Waals surface area contributed by atoms with Crippen LogP contribution < -0.4 is 10.1 Å². The topological polar surface area (TPSA) is 67.0 Å². The lowest BCUT2D eigenvalue weighted by Gasteiger charge is -2.14. The number of carbonyl (C=O) groups excluding carboxylic acids is 1. The van der Waals surface area contributed by atoms with Crippen molar-refractivity contribution in [1.29, 1.82) is 0 Å². The normalized spacial score (nSPS) is 11.9. The fourth-order valence-electron chi connectivity index (χ4n) is 1.94. The molecule has 2 N–H and O–H groups in total. The van der Waals surface area contributed by atoms with Crippen molar-refractivity contribution < 1.29 is 9.53 Å². The van der Waals surface area contributed by atoms with Crippen molar-refractivity contribution in [1.82, 2.24) is 15.3 Å². The third-order valence-electron chi connectivity index (χ3n) is 2.99. The molecule has 0 fully saturated rings. The highest BCUT2D eigenvalue weighted by Crippen LogP contribution is 2.15. The first-order valence-corrected chi connectivity index (χ1v) is 6.77. The van der Waals surface area contributed by atoms with Gasteiger partial charge in [-0.25, -0.2) is 4.98 Å². The van der Waals surface area contributed by atoms with E-state index in [1.807, 2.05) is 13.8 Å². The second-order valence-corrected chi connectivity index (χ2v) is 4.37. The van der Waals surface area contributed by atoms with E-state index in [0.717, 1.165) is 18.0 Å². The van der Waals surface area contributed by atoms with Crippen LogP contribution in [0.25, 0.3) is 0 Å². The van der Waals surface area contributed by atoms with Crippen LogP contribution in [0.1, 0.15) is 42.5 Å². The number of aromatic amines is 1. The van der Waals surface area contributed by atoms with Gasteiger partial charge in [-0.2, -0.15) is 0 Å². The van der Waals surface area contributed by atoms with Gasteiger partial charge < -0.3 is 15.0 Å². The monoisotopic (exact) mass is 273 g/mol. The molecular formula is C15H19N3O2. The molecule has 0 radical (unpaired) electrons. The molecule has 0 spiro atoms. The number of hydrogen-bond acceptors (Lipinski definition) is 3. The fraction of sp³-hybridized carbons (Fsp3) is 0.333. The Hall–Kier alpha value is -2.30. The Morgan fingerprint density at radius 1 is 1.35 bits per heavy atom. The Bertz CT molecular complexity index is 535. The SMILES string of the molecule is CCOc1ccc(C(=O)NC(CC)c2ncc[nH]2)cc1. The van der Waals surface area contributed by atoms with E-state index >= 15 is 0 Å². The minimum absolute atomic E-state index is 0.107. The smallest absolute Gasteiger partial charge is 0.251 e. The molecule has 5 heteroatoms. The lowest BCUT2D eigenvalue weighted by molar-refractivity contribution is 0.0934. The number of H-pyrrole nitrogens is 1. The molecule has 0 aliphatic heterocycles. The highest BCUT2D eigenvalue weighted by Gasteiger charge is 2.15. The summed E-state index contributed by atoms with van der Waals surface area (Å²) in [5.74, 6) is 1.42. The van der Waals surface area contributed by atoms with E-state index in [1.165, 1.54) is 0 Å². The summed E-state index contributed by atoms with van der Waals surface area (Å²) in [5.41, 5.74) is 0.610. The molecule has 1 atom stereocenters. The molecule has 0 bridgehead atoms. The van der Waals surface area contributed by atoms with E-state index in [0.29, 0.717) is 12.2 Å². The van der Waals surface area contributed by atoms with E-state index < -0.39 is 0 Å². The first kappa shape index (κ1) is 14.1. The van der Waals surface area contributed by atoms with Gasteiger partial charge in [-0.3, -0.25) is 4.79 Å². The number of benzene rings is 1. The van der Waals surface area contributed by atoms with Crippen LogP contribution in [0.3, 0.4) is 0 Å². The summed E-state index contributed by atoms with van der Waals surface area (Å²) in [6, 6.07) is 7.01. The maximum atomic E-state index is 12.2. The number of nitrogens with zero attached hydrogens (tertiary/aromatic N) is 1. The van der Waals surface area contributed by atoms with Gasteiger partial charge in [0.1, 0.15) is 11.6 Å². The Morgan fingerprint density at radius 2 is 2.10 bits per heavy atom. The molecule has 1 heterocycles. The van der Waals surface area contributed by atoms with Crippen molar-refractivity contribution in [3.63, 3.8) is 0 Å². The van der Waals surface area contributed by atoms with Crippen molar-refractivity contribution in [3.8, 4) is 5.75 Å². The summed E-state index contributed by atoms with van der Waals surface area (Å²) < 4.78 is 5.36. The Balaban J connectivity index is 2.03. The predicted molar refractivity (Wildman–Crippen MR) is 76.7 cm³/mol. The van der Waals surface area contributed by atoms with Gasteiger partial charge in [0.25, 0.3) is 5.91 Å². The zero-order chi connectivity index (χ0) is 14.4. The average Bonchev–Trinajstić information content (AvgIpc) is 2.99. The third-order valence-corrected chi connectivity index (χ3v) is 2.99. The van der Waals surface area contributed by atoms with Crippen LogP contribution in [0.5, 0.6) is 5.75 Å². The number of nitrogens with one attached hydrogen (secondary N) is 2. The molecule has 1 aromatic heterocycles. The van der Waals surface area contributed by atoms with Gasteiger partial charge in [-0.15, -0.1) is 0 Å². The highest BCUT2D eigenvalue weighted by molar-refractivity contribution is 5.94. The van der Waals surface area contributed by atoms with Crippen LogP contribution in [0.4, 0.5) is 0 Å². The molecule has 0 saturated carbocycles. The molecule has 1 amide bonds. The lowest BCUT2D eigenvalue weighted by Crippen LogP contribution is -2.28. The summed E-state index contributed by atoms with van der Waals surface area (Å²) >= 11 is 0. The summed E-state index contributed by atoms with van der Waals surface area (Å²) in [6.45, 7) is 4.55. The van der Waals surface area contributed by atoms with Crippen LogP contribution in [-0.2, 0) is 0 Å².